The van der Waals surface area contributed by atoms with Crippen molar-refractivity contribution in [3.05, 3.63) is 0 Å². The summed E-state index contributed by atoms with van der Waals surface area (Å²) in [6.07, 6.45) is 8.38. The van der Waals surface area contributed by atoms with Crippen LogP contribution < -0.4 is 5.73 Å². The zero-order valence-corrected chi connectivity index (χ0v) is 12.3. The summed E-state index contributed by atoms with van der Waals surface area (Å²) in [5, 5.41) is 0. The molecule has 2 atom stereocenters. The second-order valence-electron chi connectivity index (χ2n) is 5.94. The van der Waals surface area contributed by atoms with Crippen molar-refractivity contribution >= 4 is 18.3 Å². The van der Waals surface area contributed by atoms with Gasteiger partial charge in [0, 0.05) is 19.0 Å². The van der Waals surface area contributed by atoms with Gasteiger partial charge in [-0.25, -0.2) is 0 Å². The van der Waals surface area contributed by atoms with Crippen molar-refractivity contribution in [2.75, 3.05) is 13.1 Å². The number of nitrogens with two attached hydrogens (primary N) is 1. The van der Waals surface area contributed by atoms with Crippen LogP contribution in [0.1, 0.15) is 51.9 Å². The highest BCUT2D eigenvalue weighted by atomic mass is 35.5. The monoisotopic (exact) mass is 274 g/mol. The van der Waals surface area contributed by atoms with Gasteiger partial charge in [-0.15, -0.1) is 12.4 Å². The van der Waals surface area contributed by atoms with Crippen molar-refractivity contribution in [1.82, 2.24) is 4.90 Å². The van der Waals surface area contributed by atoms with Crippen molar-refractivity contribution in [3.8, 4) is 0 Å². The van der Waals surface area contributed by atoms with E-state index in [1.807, 2.05) is 0 Å². The van der Waals surface area contributed by atoms with Crippen molar-refractivity contribution in [3.63, 3.8) is 0 Å². The lowest BCUT2D eigenvalue weighted by Gasteiger charge is -2.26. The average Bonchev–Trinajstić information content (AvgIpc) is 2.72. The summed E-state index contributed by atoms with van der Waals surface area (Å²) in [6.45, 7) is 3.77. The van der Waals surface area contributed by atoms with Gasteiger partial charge in [-0.1, -0.05) is 19.3 Å². The highest BCUT2D eigenvalue weighted by Gasteiger charge is 2.32. The molecule has 2 N–H and O–H groups in total. The van der Waals surface area contributed by atoms with Crippen molar-refractivity contribution in [2.24, 2.45) is 17.6 Å². The Morgan fingerprint density at radius 1 is 1.22 bits per heavy atom. The zero-order valence-electron chi connectivity index (χ0n) is 11.4. The van der Waals surface area contributed by atoms with Gasteiger partial charge in [-0.3, -0.25) is 4.79 Å². The SMILES string of the molecule is CC1CC(CN)CN1C(=O)CC1CCCCC1.Cl. The van der Waals surface area contributed by atoms with E-state index in [1.54, 1.807) is 0 Å². The molecule has 0 aromatic rings. The lowest BCUT2D eigenvalue weighted by Crippen LogP contribution is -2.35. The van der Waals surface area contributed by atoms with Crippen LogP contribution in [0.2, 0.25) is 0 Å². The third-order valence-electron chi connectivity index (χ3n) is 4.50. The molecule has 0 radical (unpaired) electrons. The molecule has 1 aliphatic carbocycles. The molecule has 4 heteroatoms. The third kappa shape index (κ3) is 3.86. The molecule has 2 rings (SSSR count). The first-order chi connectivity index (χ1) is 8.20. The third-order valence-corrected chi connectivity index (χ3v) is 4.50. The van der Waals surface area contributed by atoms with Gasteiger partial charge in [-0.05, 0) is 44.6 Å². The van der Waals surface area contributed by atoms with Crippen LogP contribution in [-0.2, 0) is 4.79 Å². The van der Waals surface area contributed by atoms with Crippen LogP contribution in [0.25, 0.3) is 0 Å². The molecule has 0 aromatic carbocycles. The number of carbonyl (C=O) groups excluding carboxylic acids is 1. The van der Waals surface area contributed by atoms with E-state index in [4.69, 9.17) is 5.73 Å². The number of likely N-dealkylation sites (tertiary alicyclic amines) is 1. The number of rotatable bonds is 3. The highest BCUT2D eigenvalue weighted by molar-refractivity contribution is 5.85. The number of amides is 1. The van der Waals surface area contributed by atoms with Gasteiger partial charge >= 0.3 is 0 Å². The van der Waals surface area contributed by atoms with Crippen molar-refractivity contribution < 1.29 is 4.79 Å². The van der Waals surface area contributed by atoms with Gasteiger partial charge in [0.15, 0.2) is 0 Å². The fraction of sp³-hybridized carbons (Fsp3) is 0.929. The smallest absolute Gasteiger partial charge is 0.223 e. The summed E-state index contributed by atoms with van der Waals surface area (Å²) in [6, 6.07) is 0.402. The predicted molar refractivity (Wildman–Crippen MR) is 76.8 cm³/mol. The molecule has 1 heterocycles. The minimum atomic E-state index is 0. The van der Waals surface area contributed by atoms with Crippen LogP contribution >= 0.6 is 12.4 Å². The molecule has 2 aliphatic rings. The molecule has 1 saturated carbocycles. The van der Waals surface area contributed by atoms with Gasteiger partial charge in [0.1, 0.15) is 0 Å². The molecular weight excluding hydrogens is 248 g/mol. The Bertz CT molecular complexity index is 267. The molecule has 0 spiro atoms. The minimum Gasteiger partial charge on any atom is -0.340 e. The molecule has 0 aromatic heterocycles. The first kappa shape index (κ1) is 15.8. The summed E-state index contributed by atoms with van der Waals surface area (Å²) >= 11 is 0. The second-order valence-corrected chi connectivity index (χ2v) is 5.94. The van der Waals surface area contributed by atoms with E-state index in [1.165, 1.54) is 32.1 Å². The van der Waals surface area contributed by atoms with Crippen LogP contribution in [0.5, 0.6) is 0 Å². The van der Waals surface area contributed by atoms with Crippen LogP contribution in [0.3, 0.4) is 0 Å². The summed E-state index contributed by atoms with van der Waals surface area (Å²) in [7, 11) is 0. The topological polar surface area (TPSA) is 46.3 Å². The van der Waals surface area contributed by atoms with Gasteiger partial charge < -0.3 is 10.6 Å². The lowest BCUT2D eigenvalue weighted by molar-refractivity contribution is -0.133. The molecule has 106 valence electrons. The molecule has 1 aliphatic heterocycles. The maximum atomic E-state index is 12.3. The largest absolute Gasteiger partial charge is 0.340 e. The number of nitrogens with zero attached hydrogens (tertiary/aromatic N) is 1. The van der Waals surface area contributed by atoms with E-state index < -0.39 is 0 Å². The van der Waals surface area contributed by atoms with E-state index in [0.717, 1.165) is 25.9 Å². The van der Waals surface area contributed by atoms with E-state index in [2.05, 4.69) is 11.8 Å². The zero-order chi connectivity index (χ0) is 12.3. The van der Waals surface area contributed by atoms with Gasteiger partial charge in [-0.2, -0.15) is 0 Å². The Labute approximate surface area is 117 Å². The maximum absolute atomic E-state index is 12.3. The van der Waals surface area contributed by atoms with E-state index in [9.17, 15) is 4.79 Å². The van der Waals surface area contributed by atoms with Crippen LogP contribution in [0, 0.1) is 11.8 Å². The Hall–Kier alpha value is -0.280. The Kier molecular flexibility index (Phi) is 6.44. The van der Waals surface area contributed by atoms with Gasteiger partial charge in [0.25, 0.3) is 0 Å². The molecule has 2 unspecified atom stereocenters. The highest BCUT2D eigenvalue weighted by Crippen LogP contribution is 2.29. The molecule has 3 nitrogen and oxygen atoms in total. The molecule has 0 bridgehead atoms. The second kappa shape index (κ2) is 7.34. The summed E-state index contributed by atoms with van der Waals surface area (Å²) in [4.78, 5) is 14.3. The number of hydrogen-bond acceptors (Lipinski definition) is 2. The van der Waals surface area contributed by atoms with Gasteiger partial charge in [0.05, 0.1) is 0 Å². The van der Waals surface area contributed by atoms with E-state index >= 15 is 0 Å². The minimum absolute atomic E-state index is 0. The maximum Gasteiger partial charge on any atom is 0.223 e. The molecule has 1 saturated heterocycles. The Morgan fingerprint density at radius 2 is 1.89 bits per heavy atom. The van der Waals surface area contributed by atoms with Gasteiger partial charge in [0.2, 0.25) is 5.91 Å². The van der Waals surface area contributed by atoms with Crippen LogP contribution in [0.4, 0.5) is 0 Å². The summed E-state index contributed by atoms with van der Waals surface area (Å²) in [5.74, 6) is 1.56. The summed E-state index contributed by atoms with van der Waals surface area (Å²) in [5.41, 5.74) is 5.70. The molecule has 2 fully saturated rings. The van der Waals surface area contributed by atoms with Crippen LogP contribution in [0.15, 0.2) is 0 Å². The molecular formula is C14H27ClN2O. The fourth-order valence-corrected chi connectivity index (χ4v) is 3.42. The Morgan fingerprint density at radius 3 is 2.44 bits per heavy atom. The first-order valence-corrected chi connectivity index (χ1v) is 7.20. The molecule has 1 amide bonds. The number of hydrogen-bond donors (Lipinski definition) is 1. The predicted octanol–water partition coefficient (Wildman–Crippen LogP) is 2.57. The quantitative estimate of drug-likeness (QED) is 0.860. The molecule has 18 heavy (non-hydrogen) atoms. The van der Waals surface area contributed by atoms with Crippen LogP contribution in [-0.4, -0.2) is 29.9 Å². The van der Waals surface area contributed by atoms with Crippen molar-refractivity contribution in [2.45, 2.75) is 57.9 Å². The number of carbonyl (C=O) groups is 1. The first-order valence-electron chi connectivity index (χ1n) is 7.20. The fourth-order valence-electron chi connectivity index (χ4n) is 3.42. The van der Waals surface area contributed by atoms with E-state index in [0.29, 0.717) is 23.8 Å². The van der Waals surface area contributed by atoms with E-state index in [-0.39, 0.29) is 12.4 Å². The Balaban J connectivity index is 0.00000162. The normalized spacial score (nSPS) is 29.1. The average molecular weight is 275 g/mol. The standard InChI is InChI=1S/C14H26N2O.ClH/c1-11-7-13(9-15)10-16(11)14(17)8-12-5-3-2-4-6-12;/h11-13H,2-10,15H2,1H3;1H. The van der Waals surface area contributed by atoms with Crippen molar-refractivity contribution in [1.29, 1.82) is 0 Å². The lowest BCUT2D eigenvalue weighted by atomic mass is 9.86. The number of halogens is 1. The summed E-state index contributed by atoms with van der Waals surface area (Å²) < 4.78 is 0.